The highest BCUT2D eigenvalue weighted by Crippen LogP contribution is 2.24. The zero-order valence-corrected chi connectivity index (χ0v) is 14.7. The van der Waals surface area contributed by atoms with Crippen LogP contribution < -0.4 is 10.6 Å². The van der Waals surface area contributed by atoms with E-state index >= 15 is 0 Å². The Labute approximate surface area is 155 Å². The summed E-state index contributed by atoms with van der Waals surface area (Å²) < 4.78 is 0. The van der Waals surface area contributed by atoms with E-state index in [1.807, 2.05) is 42.5 Å². The highest BCUT2D eigenvalue weighted by atomic mass is 35.5. The molecule has 6 heteroatoms. The number of carbonyl (C=O) groups is 1. The number of hydrogen-bond donors (Lipinski definition) is 2. The van der Waals surface area contributed by atoms with Crippen LogP contribution in [0.25, 0.3) is 0 Å². The molecule has 4 nitrogen and oxygen atoms in total. The summed E-state index contributed by atoms with van der Waals surface area (Å²) in [5, 5.41) is 7.22. The molecule has 0 saturated carbocycles. The van der Waals surface area contributed by atoms with Crippen molar-refractivity contribution in [1.82, 2.24) is 4.98 Å². The Hall–Kier alpha value is -2.56. The fourth-order valence-corrected chi connectivity index (χ4v) is 2.54. The average Bonchev–Trinajstić information content (AvgIpc) is 2.61. The second-order valence-corrected chi connectivity index (χ2v) is 6.23. The highest BCUT2D eigenvalue weighted by Gasteiger charge is 2.06. The molecule has 1 heterocycles. The quantitative estimate of drug-likeness (QED) is 0.638. The van der Waals surface area contributed by atoms with E-state index in [2.05, 4.69) is 15.6 Å². The third kappa shape index (κ3) is 4.95. The lowest BCUT2D eigenvalue weighted by atomic mass is 10.1. The van der Waals surface area contributed by atoms with Gasteiger partial charge in [-0.1, -0.05) is 47.5 Å². The minimum absolute atomic E-state index is 0.137. The SMILES string of the molecule is O=C(Cc1ccc(Cl)cc1)Nc1ccc(Nc2ccccc2Cl)cn1. The Morgan fingerprint density at radius 3 is 2.40 bits per heavy atom. The number of benzene rings is 2. The van der Waals surface area contributed by atoms with Gasteiger partial charge in [-0.3, -0.25) is 4.79 Å². The number of para-hydroxylation sites is 1. The molecule has 0 aliphatic rings. The summed E-state index contributed by atoms with van der Waals surface area (Å²) >= 11 is 11.9. The Bertz CT molecular complexity index is 865. The fourth-order valence-electron chi connectivity index (χ4n) is 2.23. The number of halogens is 2. The van der Waals surface area contributed by atoms with Crippen molar-refractivity contribution in [3.8, 4) is 0 Å². The molecule has 0 bridgehead atoms. The molecule has 0 aliphatic heterocycles. The summed E-state index contributed by atoms with van der Waals surface area (Å²) in [5.41, 5.74) is 2.47. The lowest BCUT2D eigenvalue weighted by Crippen LogP contribution is -2.15. The van der Waals surface area contributed by atoms with Gasteiger partial charge in [0.05, 0.1) is 29.0 Å². The first-order chi connectivity index (χ1) is 12.1. The largest absolute Gasteiger partial charge is 0.353 e. The molecule has 0 radical (unpaired) electrons. The summed E-state index contributed by atoms with van der Waals surface area (Å²) in [7, 11) is 0. The Balaban J connectivity index is 1.59. The molecular weight excluding hydrogens is 357 g/mol. The molecule has 0 fully saturated rings. The molecule has 0 unspecified atom stereocenters. The van der Waals surface area contributed by atoms with Gasteiger partial charge in [-0.25, -0.2) is 4.98 Å². The van der Waals surface area contributed by atoms with E-state index in [1.165, 1.54) is 0 Å². The van der Waals surface area contributed by atoms with Gasteiger partial charge in [0.2, 0.25) is 5.91 Å². The monoisotopic (exact) mass is 371 g/mol. The number of hydrogen-bond acceptors (Lipinski definition) is 3. The molecule has 25 heavy (non-hydrogen) atoms. The van der Waals surface area contributed by atoms with Gasteiger partial charge >= 0.3 is 0 Å². The van der Waals surface area contributed by atoms with Gasteiger partial charge in [-0.15, -0.1) is 0 Å². The van der Waals surface area contributed by atoms with Crippen molar-refractivity contribution >= 4 is 46.3 Å². The Kier molecular flexibility index (Phi) is 5.53. The first-order valence-electron chi connectivity index (χ1n) is 7.62. The average molecular weight is 372 g/mol. The normalized spacial score (nSPS) is 10.3. The molecule has 0 saturated heterocycles. The summed E-state index contributed by atoms with van der Waals surface area (Å²) in [6.07, 6.45) is 1.90. The minimum Gasteiger partial charge on any atom is -0.353 e. The molecule has 126 valence electrons. The van der Waals surface area contributed by atoms with Crippen LogP contribution in [0.3, 0.4) is 0 Å². The molecule has 3 aromatic rings. The van der Waals surface area contributed by atoms with E-state index in [9.17, 15) is 4.79 Å². The van der Waals surface area contributed by atoms with E-state index in [1.54, 1.807) is 24.4 Å². The lowest BCUT2D eigenvalue weighted by molar-refractivity contribution is -0.115. The van der Waals surface area contributed by atoms with Crippen molar-refractivity contribution in [1.29, 1.82) is 0 Å². The number of aromatic nitrogens is 1. The number of nitrogens with zero attached hydrogens (tertiary/aromatic N) is 1. The first-order valence-corrected chi connectivity index (χ1v) is 8.38. The van der Waals surface area contributed by atoms with Gasteiger partial charge in [0.15, 0.2) is 0 Å². The fraction of sp³-hybridized carbons (Fsp3) is 0.0526. The number of nitrogens with one attached hydrogen (secondary N) is 2. The summed E-state index contributed by atoms with van der Waals surface area (Å²) in [4.78, 5) is 16.3. The molecule has 3 rings (SSSR count). The molecular formula is C19H15Cl2N3O. The second-order valence-electron chi connectivity index (χ2n) is 5.39. The van der Waals surface area contributed by atoms with Gasteiger partial charge in [0, 0.05) is 5.02 Å². The highest BCUT2D eigenvalue weighted by molar-refractivity contribution is 6.33. The summed E-state index contributed by atoms with van der Waals surface area (Å²) in [6.45, 7) is 0. The molecule has 0 aliphatic carbocycles. The van der Waals surface area contributed by atoms with Gasteiger partial charge < -0.3 is 10.6 Å². The van der Waals surface area contributed by atoms with Crippen molar-refractivity contribution in [3.05, 3.63) is 82.5 Å². The van der Waals surface area contributed by atoms with E-state index in [0.29, 0.717) is 15.9 Å². The van der Waals surface area contributed by atoms with E-state index in [4.69, 9.17) is 23.2 Å². The van der Waals surface area contributed by atoms with Crippen molar-refractivity contribution in [2.24, 2.45) is 0 Å². The minimum atomic E-state index is -0.137. The van der Waals surface area contributed by atoms with Crippen molar-refractivity contribution in [3.63, 3.8) is 0 Å². The molecule has 1 aromatic heterocycles. The maximum atomic E-state index is 12.1. The number of carbonyl (C=O) groups excluding carboxylic acids is 1. The summed E-state index contributed by atoms with van der Waals surface area (Å²) in [6, 6.07) is 18.2. The maximum absolute atomic E-state index is 12.1. The van der Waals surface area contributed by atoms with Gasteiger partial charge in [0.1, 0.15) is 5.82 Å². The van der Waals surface area contributed by atoms with Crippen LogP contribution >= 0.6 is 23.2 Å². The van der Waals surface area contributed by atoms with E-state index in [0.717, 1.165) is 16.9 Å². The predicted octanol–water partition coefficient (Wildman–Crippen LogP) is 5.31. The number of amides is 1. The van der Waals surface area contributed by atoms with Crippen LogP contribution in [-0.2, 0) is 11.2 Å². The van der Waals surface area contributed by atoms with Crippen molar-refractivity contribution in [2.45, 2.75) is 6.42 Å². The van der Waals surface area contributed by atoms with Gasteiger partial charge in [-0.2, -0.15) is 0 Å². The molecule has 1 amide bonds. The molecule has 2 N–H and O–H groups in total. The molecule has 0 spiro atoms. The third-order valence-corrected chi connectivity index (χ3v) is 4.04. The molecule has 0 atom stereocenters. The van der Waals surface area contributed by atoms with Crippen molar-refractivity contribution in [2.75, 3.05) is 10.6 Å². The van der Waals surface area contributed by atoms with Crippen LogP contribution in [0.4, 0.5) is 17.2 Å². The summed E-state index contributed by atoms with van der Waals surface area (Å²) in [5.74, 6) is 0.352. The van der Waals surface area contributed by atoms with E-state index in [-0.39, 0.29) is 12.3 Å². The lowest BCUT2D eigenvalue weighted by Gasteiger charge is -2.09. The van der Waals surface area contributed by atoms with Gasteiger partial charge in [-0.05, 0) is 42.0 Å². The standard InChI is InChI=1S/C19H15Cl2N3O/c20-14-7-5-13(6-8-14)11-19(25)24-18-10-9-15(12-22-18)23-17-4-2-1-3-16(17)21/h1-10,12,23H,11H2,(H,22,24,25). The third-order valence-electron chi connectivity index (χ3n) is 3.46. The van der Waals surface area contributed by atoms with Crippen molar-refractivity contribution < 1.29 is 4.79 Å². The topological polar surface area (TPSA) is 54.0 Å². The van der Waals surface area contributed by atoms with Crippen LogP contribution in [0, 0.1) is 0 Å². The van der Waals surface area contributed by atoms with Crippen LogP contribution in [-0.4, -0.2) is 10.9 Å². The zero-order valence-electron chi connectivity index (χ0n) is 13.2. The maximum Gasteiger partial charge on any atom is 0.229 e. The van der Waals surface area contributed by atoms with Crippen LogP contribution in [0.2, 0.25) is 10.0 Å². The number of pyridine rings is 1. The van der Waals surface area contributed by atoms with E-state index < -0.39 is 0 Å². The first kappa shape index (κ1) is 17.3. The van der Waals surface area contributed by atoms with Gasteiger partial charge in [0.25, 0.3) is 0 Å². The molecule has 2 aromatic carbocycles. The smallest absolute Gasteiger partial charge is 0.229 e. The second kappa shape index (κ2) is 8.01. The number of anilines is 3. The Morgan fingerprint density at radius 1 is 0.960 bits per heavy atom. The van der Waals surface area contributed by atoms with Crippen LogP contribution in [0.5, 0.6) is 0 Å². The number of rotatable bonds is 5. The zero-order chi connectivity index (χ0) is 17.6. The Morgan fingerprint density at radius 2 is 1.72 bits per heavy atom. The van der Waals surface area contributed by atoms with Crippen LogP contribution in [0.1, 0.15) is 5.56 Å². The van der Waals surface area contributed by atoms with Crippen LogP contribution in [0.15, 0.2) is 66.9 Å². The predicted molar refractivity (Wildman–Crippen MR) is 103 cm³/mol.